The molecule has 0 radical (unpaired) electrons. The molecule has 1 heterocycles. The van der Waals surface area contributed by atoms with Gasteiger partial charge in [0, 0.05) is 10.9 Å². The van der Waals surface area contributed by atoms with Crippen LogP contribution in [0.5, 0.6) is 0 Å². The van der Waals surface area contributed by atoms with Gasteiger partial charge >= 0.3 is 12.3 Å². The van der Waals surface area contributed by atoms with Gasteiger partial charge in [0.05, 0.1) is 16.9 Å². The number of amides is 1. The SMILES string of the molecule is CC(C)(C)C(C#Cc1oc2c(Br)cccc2c1CC(F)(F)F)NC(=O)O. The Labute approximate surface area is 156 Å². The van der Waals surface area contributed by atoms with Gasteiger partial charge in [-0.05, 0) is 33.3 Å². The van der Waals surface area contributed by atoms with Gasteiger partial charge in [-0.25, -0.2) is 4.79 Å². The molecule has 8 heteroatoms. The lowest BCUT2D eigenvalue weighted by Crippen LogP contribution is -2.42. The van der Waals surface area contributed by atoms with Gasteiger partial charge < -0.3 is 14.8 Å². The highest BCUT2D eigenvalue weighted by Crippen LogP contribution is 2.35. The number of fused-ring (bicyclic) bond motifs is 1. The first-order chi connectivity index (χ1) is 11.9. The first-order valence-corrected chi connectivity index (χ1v) is 8.45. The zero-order chi connectivity index (χ0) is 19.7. The Morgan fingerprint density at radius 2 is 2.00 bits per heavy atom. The van der Waals surface area contributed by atoms with E-state index in [-0.39, 0.29) is 16.9 Å². The summed E-state index contributed by atoms with van der Waals surface area (Å²) in [4.78, 5) is 11.0. The lowest BCUT2D eigenvalue weighted by molar-refractivity contribution is -0.127. The van der Waals surface area contributed by atoms with Crippen molar-refractivity contribution in [1.82, 2.24) is 5.32 Å². The summed E-state index contributed by atoms with van der Waals surface area (Å²) in [7, 11) is 0. The Morgan fingerprint density at radius 1 is 1.35 bits per heavy atom. The molecule has 2 rings (SSSR count). The molecule has 0 aliphatic carbocycles. The maximum absolute atomic E-state index is 13.0. The van der Waals surface area contributed by atoms with Crippen LogP contribution in [0.25, 0.3) is 11.0 Å². The second-order valence-corrected chi connectivity index (χ2v) is 7.69. The first-order valence-electron chi connectivity index (χ1n) is 7.66. The van der Waals surface area contributed by atoms with E-state index in [1.165, 1.54) is 6.07 Å². The summed E-state index contributed by atoms with van der Waals surface area (Å²) in [5.41, 5.74) is -0.346. The zero-order valence-corrected chi connectivity index (χ0v) is 15.9. The summed E-state index contributed by atoms with van der Waals surface area (Å²) in [6.07, 6.45) is -6.88. The van der Waals surface area contributed by atoms with Crippen molar-refractivity contribution in [2.75, 3.05) is 0 Å². The van der Waals surface area contributed by atoms with E-state index in [9.17, 15) is 18.0 Å². The van der Waals surface area contributed by atoms with Crippen LogP contribution in [0.4, 0.5) is 18.0 Å². The summed E-state index contributed by atoms with van der Waals surface area (Å²) >= 11 is 3.26. The number of carboxylic acid groups (broad SMARTS) is 1. The molecule has 0 saturated carbocycles. The lowest BCUT2D eigenvalue weighted by Gasteiger charge is -2.25. The number of halogens is 4. The van der Waals surface area contributed by atoms with E-state index in [1.54, 1.807) is 32.9 Å². The molecule has 1 aromatic heterocycles. The van der Waals surface area contributed by atoms with E-state index in [0.717, 1.165) is 0 Å². The molecule has 1 atom stereocenters. The maximum atomic E-state index is 13.0. The fourth-order valence-corrected chi connectivity index (χ4v) is 2.79. The van der Waals surface area contributed by atoms with Crippen LogP contribution in [-0.4, -0.2) is 23.4 Å². The van der Waals surface area contributed by atoms with Gasteiger partial charge in [0.25, 0.3) is 0 Å². The number of furan rings is 1. The third-order valence-corrected chi connectivity index (χ3v) is 4.24. The van der Waals surface area contributed by atoms with Crippen molar-refractivity contribution in [2.24, 2.45) is 5.41 Å². The van der Waals surface area contributed by atoms with Crippen molar-refractivity contribution >= 4 is 33.0 Å². The molecule has 0 fully saturated rings. The van der Waals surface area contributed by atoms with Crippen LogP contribution in [0.3, 0.4) is 0 Å². The van der Waals surface area contributed by atoms with Crippen LogP contribution in [0.2, 0.25) is 0 Å². The molecular formula is C18H17BrF3NO3. The number of carbonyl (C=O) groups is 1. The Kier molecular flexibility index (Phi) is 5.61. The molecule has 1 amide bonds. The van der Waals surface area contributed by atoms with Gasteiger partial charge in [-0.3, -0.25) is 0 Å². The van der Waals surface area contributed by atoms with Gasteiger partial charge in [-0.15, -0.1) is 0 Å². The van der Waals surface area contributed by atoms with Gasteiger partial charge in [-0.1, -0.05) is 38.8 Å². The van der Waals surface area contributed by atoms with Crippen LogP contribution < -0.4 is 5.32 Å². The number of para-hydroxylation sites is 1. The van der Waals surface area contributed by atoms with Crippen LogP contribution in [-0.2, 0) is 6.42 Å². The molecule has 1 aromatic carbocycles. The van der Waals surface area contributed by atoms with E-state index < -0.39 is 30.1 Å². The van der Waals surface area contributed by atoms with E-state index in [1.807, 2.05) is 0 Å². The second kappa shape index (κ2) is 7.23. The molecule has 0 spiro atoms. The summed E-state index contributed by atoms with van der Waals surface area (Å²) in [6, 6.07) is 4.02. The molecule has 0 bridgehead atoms. The molecule has 1 unspecified atom stereocenters. The largest absolute Gasteiger partial charge is 0.465 e. The zero-order valence-electron chi connectivity index (χ0n) is 14.3. The Balaban J connectivity index is 2.57. The van der Waals surface area contributed by atoms with Crippen LogP contribution in [0, 0.1) is 17.3 Å². The molecule has 0 aliphatic rings. The predicted molar refractivity (Wildman–Crippen MR) is 95.0 cm³/mol. The van der Waals surface area contributed by atoms with Crippen LogP contribution in [0.1, 0.15) is 32.1 Å². The number of nitrogens with one attached hydrogen (secondary N) is 1. The Hall–Kier alpha value is -2.14. The van der Waals surface area contributed by atoms with Gasteiger partial charge in [0.2, 0.25) is 0 Å². The Morgan fingerprint density at radius 3 is 2.54 bits per heavy atom. The van der Waals surface area contributed by atoms with Gasteiger partial charge in [0.15, 0.2) is 5.76 Å². The summed E-state index contributed by atoms with van der Waals surface area (Å²) < 4.78 is 45.1. The first kappa shape index (κ1) is 20.2. The molecule has 2 aromatic rings. The van der Waals surface area contributed by atoms with Gasteiger partial charge in [-0.2, -0.15) is 13.2 Å². The fourth-order valence-electron chi connectivity index (χ4n) is 2.34. The molecule has 0 aliphatic heterocycles. The van der Waals surface area contributed by atoms with E-state index in [2.05, 4.69) is 33.1 Å². The van der Waals surface area contributed by atoms with Crippen molar-refractivity contribution in [2.45, 2.75) is 39.4 Å². The minimum absolute atomic E-state index is 0.0655. The van der Waals surface area contributed by atoms with Crippen molar-refractivity contribution in [3.8, 4) is 11.8 Å². The minimum Gasteiger partial charge on any atom is -0.465 e. The van der Waals surface area contributed by atoms with Gasteiger partial charge in [0.1, 0.15) is 5.58 Å². The van der Waals surface area contributed by atoms with E-state index in [0.29, 0.717) is 9.86 Å². The predicted octanol–water partition coefficient (Wildman–Crippen LogP) is 5.33. The van der Waals surface area contributed by atoms with Crippen LogP contribution >= 0.6 is 15.9 Å². The Bertz CT molecular complexity index is 885. The monoisotopic (exact) mass is 431 g/mol. The average molecular weight is 432 g/mol. The smallest absolute Gasteiger partial charge is 0.405 e. The van der Waals surface area contributed by atoms with Crippen molar-refractivity contribution < 1.29 is 27.5 Å². The number of rotatable bonds is 2. The summed E-state index contributed by atoms with van der Waals surface area (Å²) in [5.74, 6) is 5.18. The third-order valence-electron chi connectivity index (χ3n) is 3.61. The minimum atomic E-state index is -4.43. The topological polar surface area (TPSA) is 62.5 Å². The highest BCUT2D eigenvalue weighted by molar-refractivity contribution is 9.10. The summed E-state index contributed by atoms with van der Waals surface area (Å²) in [6.45, 7) is 5.32. The van der Waals surface area contributed by atoms with Crippen LogP contribution in [0.15, 0.2) is 27.1 Å². The molecule has 2 N–H and O–H groups in total. The highest BCUT2D eigenvalue weighted by Gasteiger charge is 2.32. The highest BCUT2D eigenvalue weighted by atomic mass is 79.9. The molecular weight excluding hydrogens is 415 g/mol. The van der Waals surface area contributed by atoms with Crippen molar-refractivity contribution in [3.63, 3.8) is 0 Å². The number of hydrogen-bond donors (Lipinski definition) is 2. The molecule has 140 valence electrons. The maximum Gasteiger partial charge on any atom is 0.405 e. The lowest BCUT2D eigenvalue weighted by atomic mass is 9.87. The quantitative estimate of drug-likeness (QED) is 0.631. The molecule has 4 nitrogen and oxygen atoms in total. The number of benzene rings is 1. The van der Waals surface area contributed by atoms with Crippen molar-refractivity contribution in [1.29, 1.82) is 0 Å². The molecule has 0 saturated heterocycles. The fraction of sp³-hybridized carbons (Fsp3) is 0.389. The summed E-state index contributed by atoms with van der Waals surface area (Å²) in [5, 5.41) is 11.5. The van der Waals surface area contributed by atoms with E-state index in [4.69, 9.17) is 9.52 Å². The number of hydrogen-bond acceptors (Lipinski definition) is 2. The van der Waals surface area contributed by atoms with Crippen molar-refractivity contribution in [3.05, 3.63) is 34.0 Å². The normalized spacial score (nSPS) is 13.2. The second-order valence-electron chi connectivity index (χ2n) is 6.84. The standard InChI is InChI=1S/C18H17BrF3NO3/c1-17(2,3)14(23-16(24)25)8-7-13-11(9-18(20,21)22)10-5-4-6-12(19)15(10)26-13/h4-6,14,23H,9H2,1-3H3,(H,24,25). The number of alkyl halides is 3. The average Bonchev–Trinajstić information content (AvgIpc) is 2.80. The third kappa shape index (κ3) is 4.94. The van der Waals surface area contributed by atoms with E-state index >= 15 is 0 Å². The molecule has 26 heavy (non-hydrogen) atoms.